The number of aromatic nitrogens is 2. The Morgan fingerprint density at radius 3 is 2.94 bits per heavy atom. The summed E-state index contributed by atoms with van der Waals surface area (Å²) in [6, 6.07) is 1.68. The van der Waals surface area contributed by atoms with E-state index in [9.17, 15) is 4.79 Å². The fourth-order valence-electron chi connectivity index (χ4n) is 2.04. The van der Waals surface area contributed by atoms with Crippen LogP contribution in [0.15, 0.2) is 23.7 Å². The maximum Gasteiger partial charge on any atom is 0.257 e. The number of nitrogens with two attached hydrogens (primary N) is 1. The molecule has 0 radical (unpaired) electrons. The van der Waals surface area contributed by atoms with Crippen molar-refractivity contribution in [3.63, 3.8) is 0 Å². The Morgan fingerprint density at radius 1 is 1.50 bits per heavy atom. The van der Waals surface area contributed by atoms with Gasteiger partial charge in [-0.25, -0.2) is 9.97 Å². The number of nitrogens with zero attached hydrogens (tertiary/aromatic N) is 4. The van der Waals surface area contributed by atoms with Gasteiger partial charge in [0.2, 0.25) is 0 Å². The molecule has 96 valence electrons. The van der Waals surface area contributed by atoms with Crippen LogP contribution in [0.4, 0.5) is 5.82 Å². The van der Waals surface area contributed by atoms with Crippen LogP contribution in [0.5, 0.6) is 0 Å². The van der Waals surface area contributed by atoms with Crippen LogP contribution >= 0.6 is 0 Å². The molecule has 1 atom stereocenters. The van der Waals surface area contributed by atoms with E-state index in [0.717, 1.165) is 25.0 Å². The summed E-state index contributed by atoms with van der Waals surface area (Å²) < 4.78 is 0. The van der Waals surface area contributed by atoms with Crippen molar-refractivity contribution in [3.05, 3.63) is 18.6 Å². The molecule has 18 heavy (non-hydrogen) atoms. The van der Waals surface area contributed by atoms with Crippen molar-refractivity contribution in [2.45, 2.75) is 26.2 Å². The third-order valence-corrected chi connectivity index (χ3v) is 2.98. The summed E-state index contributed by atoms with van der Waals surface area (Å²) in [6.45, 7) is 2.60. The maximum absolute atomic E-state index is 12.3. The Kier molecular flexibility index (Phi) is 3.99. The first kappa shape index (κ1) is 12.6. The van der Waals surface area contributed by atoms with Crippen LogP contribution < -0.4 is 10.7 Å². The molecular formula is C12H17N5O. The molecule has 6 nitrogen and oxygen atoms in total. The zero-order valence-electron chi connectivity index (χ0n) is 10.4. The SMILES string of the molecule is CCC1=NN(c2ccncn2)C(=O)C1CCCN. The van der Waals surface area contributed by atoms with Crippen molar-refractivity contribution in [3.8, 4) is 0 Å². The fourth-order valence-corrected chi connectivity index (χ4v) is 2.04. The average molecular weight is 247 g/mol. The predicted octanol–water partition coefficient (Wildman–Crippen LogP) is 0.944. The Morgan fingerprint density at radius 2 is 2.33 bits per heavy atom. The summed E-state index contributed by atoms with van der Waals surface area (Å²) in [6.07, 6.45) is 5.36. The summed E-state index contributed by atoms with van der Waals surface area (Å²) >= 11 is 0. The molecule has 0 bridgehead atoms. The van der Waals surface area contributed by atoms with Crippen LogP contribution in [-0.2, 0) is 4.79 Å². The number of hydrogen-bond acceptors (Lipinski definition) is 5. The van der Waals surface area contributed by atoms with E-state index < -0.39 is 0 Å². The summed E-state index contributed by atoms with van der Waals surface area (Å²) in [5.41, 5.74) is 6.41. The zero-order chi connectivity index (χ0) is 13.0. The standard InChI is InChI=1S/C12H17N5O/c1-2-10-9(4-3-6-13)12(18)17(16-10)11-5-7-14-8-15-11/h5,7-9H,2-4,6,13H2,1H3. The number of anilines is 1. The van der Waals surface area contributed by atoms with Crippen LogP contribution in [0.25, 0.3) is 0 Å². The van der Waals surface area contributed by atoms with E-state index in [2.05, 4.69) is 15.1 Å². The van der Waals surface area contributed by atoms with Gasteiger partial charge in [0, 0.05) is 12.3 Å². The molecule has 2 rings (SSSR count). The third kappa shape index (κ3) is 2.38. The predicted molar refractivity (Wildman–Crippen MR) is 69.0 cm³/mol. The van der Waals surface area contributed by atoms with Crippen molar-refractivity contribution in [1.82, 2.24) is 9.97 Å². The number of hydrogen-bond donors (Lipinski definition) is 1. The summed E-state index contributed by atoms with van der Waals surface area (Å²) in [5, 5.41) is 5.74. The van der Waals surface area contributed by atoms with Crippen molar-refractivity contribution >= 4 is 17.4 Å². The van der Waals surface area contributed by atoms with Gasteiger partial charge in [0.25, 0.3) is 5.91 Å². The van der Waals surface area contributed by atoms with Crippen LogP contribution in [0.2, 0.25) is 0 Å². The molecule has 1 aromatic rings. The Balaban J connectivity index is 2.20. The highest BCUT2D eigenvalue weighted by atomic mass is 16.2. The molecule has 6 heteroatoms. The van der Waals surface area contributed by atoms with E-state index in [1.807, 2.05) is 6.92 Å². The van der Waals surface area contributed by atoms with Crippen molar-refractivity contribution in [2.75, 3.05) is 11.6 Å². The Labute approximate surface area is 106 Å². The van der Waals surface area contributed by atoms with Gasteiger partial charge in [-0.15, -0.1) is 0 Å². The second-order valence-corrected chi connectivity index (χ2v) is 4.15. The monoisotopic (exact) mass is 247 g/mol. The fraction of sp³-hybridized carbons (Fsp3) is 0.500. The van der Waals surface area contributed by atoms with E-state index in [4.69, 9.17) is 5.73 Å². The first-order valence-electron chi connectivity index (χ1n) is 6.15. The molecule has 2 N–H and O–H groups in total. The lowest BCUT2D eigenvalue weighted by Crippen LogP contribution is -2.28. The Bertz CT molecular complexity index is 445. The molecular weight excluding hydrogens is 230 g/mol. The van der Waals surface area contributed by atoms with E-state index in [-0.39, 0.29) is 11.8 Å². The van der Waals surface area contributed by atoms with Gasteiger partial charge < -0.3 is 5.73 Å². The molecule has 2 heterocycles. The number of rotatable bonds is 5. The van der Waals surface area contributed by atoms with Crippen LogP contribution in [0.1, 0.15) is 26.2 Å². The molecule has 1 amide bonds. The van der Waals surface area contributed by atoms with E-state index in [1.54, 1.807) is 12.3 Å². The highest BCUT2D eigenvalue weighted by molar-refractivity contribution is 6.15. The molecule has 1 aliphatic heterocycles. The minimum atomic E-state index is -0.145. The first-order chi connectivity index (χ1) is 8.77. The van der Waals surface area contributed by atoms with E-state index in [1.165, 1.54) is 11.3 Å². The second-order valence-electron chi connectivity index (χ2n) is 4.15. The molecule has 1 aromatic heterocycles. The second kappa shape index (κ2) is 5.68. The van der Waals surface area contributed by atoms with Crippen LogP contribution in [0, 0.1) is 5.92 Å². The minimum Gasteiger partial charge on any atom is -0.330 e. The highest BCUT2D eigenvalue weighted by Crippen LogP contribution is 2.25. The van der Waals surface area contributed by atoms with Crippen molar-refractivity contribution < 1.29 is 4.79 Å². The van der Waals surface area contributed by atoms with Gasteiger partial charge in [-0.05, 0) is 25.8 Å². The van der Waals surface area contributed by atoms with Crippen LogP contribution in [0.3, 0.4) is 0 Å². The average Bonchev–Trinajstić information content (AvgIpc) is 2.74. The normalized spacial score (nSPS) is 19.2. The molecule has 1 aliphatic rings. The van der Waals surface area contributed by atoms with Gasteiger partial charge >= 0.3 is 0 Å². The van der Waals surface area contributed by atoms with Crippen molar-refractivity contribution in [1.29, 1.82) is 0 Å². The van der Waals surface area contributed by atoms with Crippen LogP contribution in [-0.4, -0.2) is 28.1 Å². The zero-order valence-corrected chi connectivity index (χ0v) is 10.4. The van der Waals surface area contributed by atoms with E-state index in [0.29, 0.717) is 12.4 Å². The number of carbonyl (C=O) groups excluding carboxylic acids is 1. The lowest BCUT2D eigenvalue weighted by Gasteiger charge is -2.12. The van der Waals surface area contributed by atoms with Gasteiger partial charge in [0.1, 0.15) is 6.33 Å². The summed E-state index contributed by atoms with van der Waals surface area (Å²) in [5.74, 6) is 0.365. The highest BCUT2D eigenvalue weighted by Gasteiger charge is 2.35. The molecule has 0 aromatic carbocycles. The van der Waals surface area contributed by atoms with Gasteiger partial charge in [0.15, 0.2) is 5.82 Å². The summed E-state index contributed by atoms with van der Waals surface area (Å²) in [7, 11) is 0. The van der Waals surface area contributed by atoms with Gasteiger partial charge in [-0.3, -0.25) is 4.79 Å². The molecule has 0 saturated heterocycles. The number of hydrazone groups is 1. The molecule has 0 spiro atoms. The topological polar surface area (TPSA) is 84.5 Å². The van der Waals surface area contributed by atoms with Gasteiger partial charge in [0.05, 0.1) is 11.6 Å². The van der Waals surface area contributed by atoms with Crippen molar-refractivity contribution in [2.24, 2.45) is 16.8 Å². The molecule has 1 unspecified atom stereocenters. The quantitative estimate of drug-likeness (QED) is 0.839. The maximum atomic E-state index is 12.3. The lowest BCUT2D eigenvalue weighted by atomic mass is 9.96. The first-order valence-corrected chi connectivity index (χ1v) is 6.15. The minimum absolute atomic E-state index is 0.0148. The smallest absolute Gasteiger partial charge is 0.257 e. The van der Waals surface area contributed by atoms with Gasteiger partial charge in [-0.1, -0.05) is 6.92 Å². The number of amides is 1. The molecule has 0 saturated carbocycles. The van der Waals surface area contributed by atoms with E-state index >= 15 is 0 Å². The summed E-state index contributed by atoms with van der Waals surface area (Å²) in [4.78, 5) is 20.2. The lowest BCUT2D eigenvalue weighted by molar-refractivity contribution is -0.120. The number of carbonyl (C=O) groups is 1. The Hall–Kier alpha value is -1.82. The third-order valence-electron chi connectivity index (χ3n) is 2.98. The molecule has 0 aliphatic carbocycles. The largest absolute Gasteiger partial charge is 0.330 e. The van der Waals surface area contributed by atoms with Gasteiger partial charge in [-0.2, -0.15) is 10.1 Å². The molecule has 0 fully saturated rings.